The topological polar surface area (TPSA) is 69.1 Å². The molecule has 4 N–H and O–H groups in total. The molecule has 1 atom stereocenters. The van der Waals surface area contributed by atoms with Crippen molar-refractivity contribution < 1.29 is 4.79 Å². The van der Waals surface area contributed by atoms with Crippen molar-refractivity contribution in [1.29, 1.82) is 0 Å². The second-order valence-corrected chi connectivity index (χ2v) is 5.72. The molecule has 0 radical (unpaired) electrons. The van der Waals surface area contributed by atoms with Gasteiger partial charge in [-0.3, -0.25) is 4.79 Å². The van der Waals surface area contributed by atoms with Crippen LogP contribution in [0.4, 0.5) is 0 Å². The molecule has 2 rings (SSSR count). The van der Waals surface area contributed by atoms with E-state index in [0.29, 0.717) is 0 Å². The maximum atomic E-state index is 11.7. The van der Waals surface area contributed by atoms with Crippen LogP contribution in [-0.2, 0) is 17.6 Å². The summed E-state index contributed by atoms with van der Waals surface area (Å²) in [6.45, 7) is 1.73. The third-order valence-electron chi connectivity index (χ3n) is 4.03. The van der Waals surface area contributed by atoms with E-state index in [1.807, 2.05) is 36.4 Å². The summed E-state index contributed by atoms with van der Waals surface area (Å²) in [6, 6.07) is 20.1. The highest BCUT2D eigenvalue weighted by Crippen LogP contribution is 2.24. The summed E-state index contributed by atoms with van der Waals surface area (Å²) in [7, 11) is 0. The molecule has 2 aromatic rings. The van der Waals surface area contributed by atoms with Gasteiger partial charge in [-0.2, -0.15) is 0 Å². The number of hydrogen-bond donors (Lipinski definition) is 2. The van der Waals surface area contributed by atoms with Crippen molar-refractivity contribution in [1.82, 2.24) is 0 Å². The molecule has 2 aromatic carbocycles. The van der Waals surface area contributed by atoms with Gasteiger partial charge >= 0.3 is 0 Å². The molecular weight excluding hydrogens is 260 g/mol. The molecule has 1 unspecified atom stereocenters. The Hall–Kier alpha value is -2.13. The van der Waals surface area contributed by atoms with Crippen LogP contribution in [0.5, 0.6) is 0 Å². The minimum Gasteiger partial charge on any atom is -0.368 e. The summed E-state index contributed by atoms with van der Waals surface area (Å²) in [4.78, 5) is 11.7. The van der Waals surface area contributed by atoms with E-state index >= 15 is 0 Å². The van der Waals surface area contributed by atoms with E-state index < -0.39 is 11.4 Å². The summed E-state index contributed by atoms with van der Waals surface area (Å²) in [5.74, 6) is -0.501. The van der Waals surface area contributed by atoms with E-state index in [-0.39, 0.29) is 5.92 Å². The van der Waals surface area contributed by atoms with Gasteiger partial charge in [0.05, 0.1) is 5.54 Å². The van der Waals surface area contributed by atoms with E-state index in [4.69, 9.17) is 11.5 Å². The van der Waals surface area contributed by atoms with Gasteiger partial charge in [0.1, 0.15) is 0 Å². The number of benzene rings is 2. The van der Waals surface area contributed by atoms with Gasteiger partial charge < -0.3 is 11.5 Å². The van der Waals surface area contributed by atoms with E-state index in [1.54, 1.807) is 6.92 Å². The molecule has 110 valence electrons. The first-order valence-electron chi connectivity index (χ1n) is 7.17. The molecule has 0 saturated heterocycles. The normalized spacial score (nSPS) is 13.9. The van der Waals surface area contributed by atoms with Gasteiger partial charge in [-0.05, 0) is 36.8 Å². The van der Waals surface area contributed by atoms with Gasteiger partial charge in [-0.15, -0.1) is 0 Å². The smallest absolute Gasteiger partial charge is 0.237 e. The Labute approximate surface area is 126 Å². The second-order valence-electron chi connectivity index (χ2n) is 5.72. The SMILES string of the molecule is CC(N)(C(N)=O)C(Cc1ccccc1)Cc1ccccc1. The third kappa shape index (κ3) is 3.92. The zero-order valence-corrected chi connectivity index (χ0v) is 12.3. The van der Waals surface area contributed by atoms with Crippen LogP contribution in [0.15, 0.2) is 60.7 Å². The summed E-state index contributed by atoms with van der Waals surface area (Å²) < 4.78 is 0. The monoisotopic (exact) mass is 282 g/mol. The van der Waals surface area contributed by atoms with Crippen molar-refractivity contribution in [3.63, 3.8) is 0 Å². The highest BCUT2D eigenvalue weighted by molar-refractivity contribution is 5.84. The molecule has 3 heteroatoms. The molecule has 3 nitrogen and oxygen atoms in total. The van der Waals surface area contributed by atoms with Crippen molar-refractivity contribution in [3.05, 3.63) is 71.8 Å². The Morgan fingerprint density at radius 3 is 1.67 bits per heavy atom. The summed E-state index contributed by atoms with van der Waals surface area (Å²) in [6.07, 6.45) is 1.46. The number of carbonyl (C=O) groups excluding carboxylic acids is 1. The zero-order valence-electron chi connectivity index (χ0n) is 12.3. The summed E-state index contributed by atoms with van der Waals surface area (Å²) >= 11 is 0. The summed E-state index contributed by atoms with van der Waals surface area (Å²) in [5, 5.41) is 0. The zero-order chi connectivity index (χ0) is 15.3. The lowest BCUT2D eigenvalue weighted by molar-refractivity contribution is -0.124. The van der Waals surface area contributed by atoms with Crippen LogP contribution in [0.1, 0.15) is 18.1 Å². The highest BCUT2D eigenvalue weighted by atomic mass is 16.1. The van der Waals surface area contributed by atoms with Gasteiger partial charge in [-0.1, -0.05) is 60.7 Å². The third-order valence-corrected chi connectivity index (χ3v) is 4.03. The van der Waals surface area contributed by atoms with Crippen molar-refractivity contribution in [2.75, 3.05) is 0 Å². The standard InChI is InChI=1S/C18H22N2O/c1-18(20,17(19)21)16(12-14-8-4-2-5-9-14)13-15-10-6-3-7-11-15/h2-11,16H,12-13,20H2,1H3,(H2,19,21). The van der Waals surface area contributed by atoms with E-state index in [9.17, 15) is 4.79 Å². The van der Waals surface area contributed by atoms with Crippen molar-refractivity contribution in [2.45, 2.75) is 25.3 Å². The van der Waals surface area contributed by atoms with Crippen molar-refractivity contribution in [3.8, 4) is 0 Å². The molecule has 0 heterocycles. The maximum absolute atomic E-state index is 11.7. The van der Waals surface area contributed by atoms with Crippen LogP contribution in [0.2, 0.25) is 0 Å². The highest BCUT2D eigenvalue weighted by Gasteiger charge is 2.35. The fourth-order valence-corrected chi connectivity index (χ4v) is 2.49. The number of nitrogens with two attached hydrogens (primary N) is 2. The largest absolute Gasteiger partial charge is 0.368 e. The van der Waals surface area contributed by atoms with Crippen LogP contribution >= 0.6 is 0 Å². The lowest BCUT2D eigenvalue weighted by Gasteiger charge is -2.31. The van der Waals surface area contributed by atoms with E-state index in [1.165, 1.54) is 0 Å². The molecule has 0 fully saturated rings. The van der Waals surface area contributed by atoms with E-state index in [0.717, 1.165) is 24.0 Å². The molecule has 0 aromatic heterocycles. The first kappa shape index (κ1) is 15.3. The Bertz CT molecular complexity index is 537. The van der Waals surface area contributed by atoms with Crippen LogP contribution < -0.4 is 11.5 Å². The molecule has 0 bridgehead atoms. The predicted octanol–water partition coefficient (Wildman–Crippen LogP) is 2.29. The van der Waals surface area contributed by atoms with Gasteiger partial charge in [-0.25, -0.2) is 0 Å². The molecule has 0 aliphatic carbocycles. The van der Waals surface area contributed by atoms with Gasteiger partial charge in [0.2, 0.25) is 5.91 Å². The van der Waals surface area contributed by atoms with Gasteiger partial charge in [0, 0.05) is 0 Å². The first-order valence-corrected chi connectivity index (χ1v) is 7.17. The molecule has 0 aliphatic heterocycles. The minimum atomic E-state index is -1.04. The van der Waals surface area contributed by atoms with Gasteiger partial charge in [0.25, 0.3) is 0 Å². The number of amides is 1. The second kappa shape index (κ2) is 6.55. The quantitative estimate of drug-likeness (QED) is 0.853. The molecule has 0 saturated carbocycles. The van der Waals surface area contributed by atoms with Crippen LogP contribution in [0.3, 0.4) is 0 Å². The van der Waals surface area contributed by atoms with Crippen LogP contribution in [0.25, 0.3) is 0 Å². The maximum Gasteiger partial charge on any atom is 0.237 e. The van der Waals surface area contributed by atoms with E-state index in [2.05, 4.69) is 24.3 Å². The van der Waals surface area contributed by atoms with Crippen LogP contribution in [-0.4, -0.2) is 11.4 Å². The lowest BCUT2D eigenvalue weighted by Crippen LogP contribution is -2.56. The minimum absolute atomic E-state index is 0.0419. The number of rotatable bonds is 6. The number of hydrogen-bond acceptors (Lipinski definition) is 2. The Balaban J connectivity index is 2.24. The lowest BCUT2D eigenvalue weighted by atomic mass is 9.77. The van der Waals surface area contributed by atoms with Crippen molar-refractivity contribution in [2.24, 2.45) is 17.4 Å². The van der Waals surface area contributed by atoms with Crippen molar-refractivity contribution >= 4 is 5.91 Å². The molecular formula is C18H22N2O. The number of carbonyl (C=O) groups is 1. The number of primary amides is 1. The molecule has 1 amide bonds. The molecule has 0 spiro atoms. The molecule has 21 heavy (non-hydrogen) atoms. The average molecular weight is 282 g/mol. The molecule has 0 aliphatic rings. The van der Waals surface area contributed by atoms with Gasteiger partial charge in [0.15, 0.2) is 0 Å². The fourth-order valence-electron chi connectivity index (χ4n) is 2.49. The Kier molecular flexibility index (Phi) is 4.76. The fraction of sp³-hybridized carbons (Fsp3) is 0.278. The predicted molar refractivity (Wildman–Crippen MR) is 85.6 cm³/mol. The Morgan fingerprint density at radius 2 is 1.33 bits per heavy atom. The summed E-state index contributed by atoms with van der Waals surface area (Å²) in [5.41, 5.74) is 13.0. The first-order chi connectivity index (χ1) is 10.00. The van der Waals surface area contributed by atoms with Crippen LogP contribution in [0, 0.1) is 5.92 Å². The Morgan fingerprint density at radius 1 is 0.952 bits per heavy atom. The average Bonchev–Trinajstić information content (AvgIpc) is 2.48.